The Balaban J connectivity index is 2.02. The molecule has 3 rings (SSSR count). The van der Waals surface area contributed by atoms with Gasteiger partial charge in [0.2, 0.25) is 0 Å². The first-order valence-corrected chi connectivity index (χ1v) is 7.15. The Morgan fingerprint density at radius 2 is 1.80 bits per heavy atom. The van der Waals surface area contributed by atoms with Crippen molar-refractivity contribution in [3.05, 3.63) is 64.6 Å². The smallest absolute Gasteiger partial charge is 0.142 e. The van der Waals surface area contributed by atoms with E-state index in [1.165, 1.54) is 5.39 Å². The van der Waals surface area contributed by atoms with Crippen LogP contribution in [0.3, 0.4) is 0 Å². The van der Waals surface area contributed by atoms with Gasteiger partial charge in [0.1, 0.15) is 11.5 Å². The minimum absolute atomic E-state index is 0.773. The van der Waals surface area contributed by atoms with Gasteiger partial charge in [-0.05, 0) is 63.5 Å². The van der Waals surface area contributed by atoms with Crippen molar-refractivity contribution >= 4 is 32.4 Å². The predicted molar refractivity (Wildman–Crippen MR) is 87.3 cm³/mol. The van der Waals surface area contributed by atoms with Crippen LogP contribution in [0.15, 0.2) is 59.1 Å². The molecule has 20 heavy (non-hydrogen) atoms. The normalized spacial score (nSPS) is 10.7. The molecule has 0 atom stereocenters. The number of nitrogens with two attached hydrogens (primary N) is 1. The van der Waals surface area contributed by atoms with Crippen LogP contribution < -0.4 is 10.5 Å². The molecule has 0 unspecified atom stereocenters. The van der Waals surface area contributed by atoms with Crippen molar-refractivity contribution in [2.75, 3.05) is 5.73 Å². The highest BCUT2D eigenvalue weighted by Crippen LogP contribution is 2.36. The largest absolute Gasteiger partial charge is 0.456 e. The maximum Gasteiger partial charge on any atom is 0.142 e. The summed E-state index contributed by atoms with van der Waals surface area (Å²) in [7, 11) is 0. The van der Waals surface area contributed by atoms with Gasteiger partial charge in [0, 0.05) is 5.69 Å². The van der Waals surface area contributed by atoms with Crippen LogP contribution in [-0.4, -0.2) is 0 Å². The third-order valence-corrected chi connectivity index (χ3v) is 4.11. The van der Waals surface area contributed by atoms with Crippen molar-refractivity contribution in [3.63, 3.8) is 0 Å². The Kier molecular flexibility index (Phi) is 3.36. The van der Waals surface area contributed by atoms with Gasteiger partial charge < -0.3 is 10.5 Å². The molecular weight excluding hydrogens is 314 g/mol. The Hall–Kier alpha value is -2.00. The number of nitrogen functional groups attached to an aromatic ring is 1. The third kappa shape index (κ3) is 2.37. The molecule has 0 aliphatic carbocycles. The summed E-state index contributed by atoms with van der Waals surface area (Å²) < 4.78 is 6.91. The lowest BCUT2D eigenvalue weighted by Crippen LogP contribution is -1.91. The van der Waals surface area contributed by atoms with E-state index in [0.29, 0.717) is 0 Å². The molecule has 0 heterocycles. The average molecular weight is 328 g/mol. The summed E-state index contributed by atoms with van der Waals surface area (Å²) in [6, 6.07) is 17.9. The summed E-state index contributed by atoms with van der Waals surface area (Å²) in [6.07, 6.45) is 0. The van der Waals surface area contributed by atoms with Crippen molar-refractivity contribution in [2.45, 2.75) is 6.92 Å². The van der Waals surface area contributed by atoms with Crippen molar-refractivity contribution in [1.82, 2.24) is 0 Å². The highest BCUT2D eigenvalue weighted by Gasteiger charge is 2.07. The molecule has 100 valence electrons. The van der Waals surface area contributed by atoms with Crippen LogP contribution in [0.1, 0.15) is 5.56 Å². The number of halogens is 1. The standard InChI is InChI=1S/C17H14BrNO/c1-11-10-13(7-8-15(11)19)20-16-9-6-12-4-2-3-5-14(12)17(16)18/h2-10H,19H2,1H3. The molecule has 3 aromatic rings. The summed E-state index contributed by atoms with van der Waals surface area (Å²) in [5, 5.41) is 2.32. The maximum atomic E-state index is 5.95. The first-order chi connectivity index (χ1) is 9.65. The molecule has 0 saturated heterocycles. The minimum atomic E-state index is 0.773. The number of hydrogen-bond donors (Lipinski definition) is 1. The fourth-order valence-electron chi connectivity index (χ4n) is 2.13. The van der Waals surface area contributed by atoms with E-state index in [-0.39, 0.29) is 0 Å². The molecule has 0 bridgehead atoms. The van der Waals surface area contributed by atoms with Crippen LogP contribution in [0.2, 0.25) is 0 Å². The minimum Gasteiger partial charge on any atom is -0.456 e. The van der Waals surface area contributed by atoms with Gasteiger partial charge in [-0.25, -0.2) is 0 Å². The van der Waals surface area contributed by atoms with Gasteiger partial charge in [-0.15, -0.1) is 0 Å². The van der Waals surface area contributed by atoms with Crippen molar-refractivity contribution in [1.29, 1.82) is 0 Å². The maximum absolute atomic E-state index is 5.95. The molecule has 0 amide bonds. The molecule has 0 fully saturated rings. The molecule has 2 N–H and O–H groups in total. The SMILES string of the molecule is Cc1cc(Oc2ccc3ccccc3c2Br)ccc1N. The molecule has 3 aromatic carbocycles. The lowest BCUT2D eigenvalue weighted by atomic mass is 10.1. The third-order valence-electron chi connectivity index (χ3n) is 3.30. The monoisotopic (exact) mass is 327 g/mol. The van der Waals surface area contributed by atoms with E-state index in [1.807, 2.05) is 43.3 Å². The van der Waals surface area contributed by atoms with E-state index in [1.54, 1.807) is 0 Å². The fourth-order valence-corrected chi connectivity index (χ4v) is 2.71. The molecule has 0 aliphatic rings. The lowest BCUT2D eigenvalue weighted by Gasteiger charge is -2.11. The Labute approximate surface area is 126 Å². The summed E-state index contributed by atoms with van der Waals surface area (Å²) in [4.78, 5) is 0. The van der Waals surface area contributed by atoms with Crippen LogP contribution in [0.4, 0.5) is 5.69 Å². The molecule has 0 aromatic heterocycles. The zero-order valence-corrected chi connectivity index (χ0v) is 12.6. The summed E-state index contributed by atoms with van der Waals surface area (Å²) in [6.45, 7) is 1.97. The molecular formula is C17H14BrNO. The van der Waals surface area contributed by atoms with Crippen LogP contribution in [0.25, 0.3) is 10.8 Å². The second kappa shape index (κ2) is 5.17. The first-order valence-electron chi connectivity index (χ1n) is 6.36. The lowest BCUT2D eigenvalue weighted by molar-refractivity contribution is 0.480. The Morgan fingerprint density at radius 1 is 1.00 bits per heavy atom. The molecule has 0 saturated carbocycles. The van der Waals surface area contributed by atoms with Crippen molar-refractivity contribution < 1.29 is 4.74 Å². The fraction of sp³-hybridized carbons (Fsp3) is 0.0588. The van der Waals surface area contributed by atoms with Gasteiger partial charge in [0.25, 0.3) is 0 Å². The van der Waals surface area contributed by atoms with E-state index in [9.17, 15) is 0 Å². The van der Waals surface area contributed by atoms with Gasteiger partial charge in [-0.2, -0.15) is 0 Å². The molecule has 3 heteroatoms. The number of benzene rings is 3. The Bertz CT molecular complexity index is 783. The first kappa shape index (κ1) is 13.0. The summed E-state index contributed by atoms with van der Waals surface area (Å²) >= 11 is 3.62. The molecule has 0 spiro atoms. The topological polar surface area (TPSA) is 35.2 Å². The van der Waals surface area contributed by atoms with Gasteiger partial charge in [-0.3, -0.25) is 0 Å². The van der Waals surface area contributed by atoms with E-state index >= 15 is 0 Å². The van der Waals surface area contributed by atoms with Crippen LogP contribution in [-0.2, 0) is 0 Å². The highest BCUT2D eigenvalue weighted by atomic mass is 79.9. The van der Waals surface area contributed by atoms with Gasteiger partial charge in [0.05, 0.1) is 4.47 Å². The second-order valence-corrected chi connectivity index (χ2v) is 5.51. The van der Waals surface area contributed by atoms with E-state index in [2.05, 4.69) is 34.1 Å². The highest BCUT2D eigenvalue weighted by molar-refractivity contribution is 9.10. The zero-order valence-electron chi connectivity index (χ0n) is 11.1. The number of fused-ring (bicyclic) bond motifs is 1. The van der Waals surface area contributed by atoms with Crippen molar-refractivity contribution in [2.24, 2.45) is 0 Å². The van der Waals surface area contributed by atoms with Crippen LogP contribution in [0.5, 0.6) is 11.5 Å². The Morgan fingerprint density at radius 3 is 2.60 bits per heavy atom. The van der Waals surface area contributed by atoms with E-state index in [4.69, 9.17) is 10.5 Å². The predicted octanol–water partition coefficient (Wildman–Crippen LogP) is 5.29. The number of aryl methyl sites for hydroxylation is 1. The van der Waals surface area contributed by atoms with E-state index < -0.39 is 0 Å². The van der Waals surface area contributed by atoms with Crippen LogP contribution in [0, 0.1) is 6.92 Å². The molecule has 0 aliphatic heterocycles. The van der Waals surface area contributed by atoms with Crippen LogP contribution >= 0.6 is 15.9 Å². The van der Waals surface area contributed by atoms with E-state index in [0.717, 1.165) is 32.6 Å². The van der Waals surface area contributed by atoms with Gasteiger partial charge >= 0.3 is 0 Å². The number of rotatable bonds is 2. The zero-order chi connectivity index (χ0) is 14.1. The number of ether oxygens (including phenoxy) is 1. The summed E-state index contributed by atoms with van der Waals surface area (Å²) in [5.74, 6) is 1.58. The molecule has 2 nitrogen and oxygen atoms in total. The number of anilines is 1. The van der Waals surface area contributed by atoms with Gasteiger partial charge in [-0.1, -0.05) is 30.3 Å². The van der Waals surface area contributed by atoms with Gasteiger partial charge in [0.15, 0.2) is 0 Å². The summed E-state index contributed by atoms with van der Waals surface area (Å²) in [5.41, 5.74) is 7.61. The second-order valence-electron chi connectivity index (χ2n) is 4.72. The molecule has 0 radical (unpaired) electrons. The average Bonchev–Trinajstić information content (AvgIpc) is 2.46. The number of hydrogen-bond acceptors (Lipinski definition) is 2. The van der Waals surface area contributed by atoms with Crippen molar-refractivity contribution in [3.8, 4) is 11.5 Å². The quantitative estimate of drug-likeness (QED) is 0.649.